The highest BCUT2D eigenvalue weighted by Gasteiger charge is 2.75. The molecule has 0 saturated carbocycles. The number of carbonyl (C=O) groups excluding carboxylic acids is 3. The lowest BCUT2D eigenvalue weighted by atomic mass is 9.85. The molecule has 0 aliphatic carbocycles. The van der Waals surface area contributed by atoms with Crippen molar-refractivity contribution in [3.63, 3.8) is 0 Å². The van der Waals surface area contributed by atoms with Gasteiger partial charge in [0.2, 0.25) is 23.3 Å². The van der Waals surface area contributed by atoms with E-state index in [1.807, 2.05) is 0 Å². The molecule has 202 valence electrons. The van der Waals surface area contributed by atoms with Crippen LogP contribution in [0.4, 0.5) is 0 Å². The summed E-state index contributed by atoms with van der Waals surface area (Å²) in [5, 5.41) is 31.8. The molecular weight excluding hydrogens is 500 g/mol. The topological polar surface area (TPSA) is 217 Å². The summed E-state index contributed by atoms with van der Waals surface area (Å²) < 4.78 is 12.8. The molecule has 5 aliphatic rings. The minimum Gasteiger partial charge on any atom is -0.490 e. The molecule has 0 radical (unpaired) electrons. The Bertz CT molecular complexity index is 1280. The molecule has 2 fully saturated rings. The van der Waals surface area contributed by atoms with Gasteiger partial charge in [-0.2, -0.15) is 0 Å². The molecule has 5 heterocycles. The minimum absolute atomic E-state index is 0.0391. The van der Waals surface area contributed by atoms with Crippen molar-refractivity contribution in [3.05, 3.63) is 23.8 Å². The van der Waals surface area contributed by atoms with Crippen LogP contribution in [0, 0.1) is 0 Å². The predicted octanol–water partition coefficient (Wildman–Crippen LogP) is -3.93. The fourth-order valence-corrected chi connectivity index (χ4v) is 5.94. The largest absolute Gasteiger partial charge is 0.490 e. The first-order chi connectivity index (χ1) is 18.1. The number of ether oxygens (including phenoxy) is 2. The minimum atomic E-state index is -2.65. The Morgan fingerprint density at radius 1 is 1.21 bits per heavy atom. The van der Waals surface area contributed by atoms with E-state index in [0.717, 1.165) is 4.90 Å². The van der Waals surface area contributed by atoms with Crippen molar-refractivity contribution >= 4 is 29.6 Å². The van der Waals surface area contributed by atoms with Crippen molar-refractivity contribution in [3.8, 4) is 11.5 Å². The average Bonchev–Trinajstić information content (AvgIpc) is 3.37. The second-order valence-corrected chi connectivity index (χ2v) is 9.93. The number of para-hydroxylation sites is 1. The van der Waals surface area contributed by atoms with Crippen molar-refractivity contribution in [2.75, 3.05) is 26.3 Å². The summed E-state index contributed by atoms with van der Waals surface area (Å²) in [5.74, 6) is -3.28. The van der Waals surface area contributed by atoms with E-state index < -0.39 is 35.5 Å². The zero-order valence-corrected chi connectivity index (χ0v) is 20.3. The molecule has 3 amide bonds. The van der Waals surface area contributed by atoms with Crippen LogP contribution in [-0.4, -0.2) is 105 Å². The average molecular weight is 530 g/mol. The van der Waals surface area contributed by atoms with Gasteiger partial charge in [-0.15, -0.1) is 0 Å². The number of fused-ring (bicyclic) bond motifs is 1. The first kappa shape index (κ1) is 24.2. The van der Waals surface area contributed by atoms with Crippen LogP contribution in [0.1, 0.15) is 29.6 Å². The Labute approximate surface area is 216 Å². The molecule has 15 heteroatoms. The van der Waals surface area contributed by atoms with Gasteiger partial charge in [-0.1, -0.05) is 6.07 Å². The Hall–Kier alpha value is -4.11. The summed E-state index contributed by atoms with van der Waals surface area (Å²) in [6.45, 7) is 0.591. The van der Waals surface area contributed by atoms with Gasteiger partial charge >= 0.3 is 5.96 Å². The molecule has 1 spiro atoms. The third-order valence-electron chi connectivity index (χ3n) is 7.72. The molecule has 1 aromatic carbocycles. The first-order valence-corrected chi connectivity index (χ1v) is 12.4. The van der Waals surface area contributed by atoms with Crippen LogP contribution >= 0.6 is 0 Å². The van der Waals surface area contributed by atoms with E-state index in [2.05, 4.69) is 20.9 Å². The lowest BCUT2D eigenvalue weighted by molar-refractivity contribution is -0.623. The summed E-state index contributed by atoms with van der Waals surface area (Å²) in [6, 6.07) is 1.86. The number of nitrogens with one attached hydrogen (secondary N) is 3. The highest BCUT2D eigenvalue weighted by atomic mass is 16.5. The highest BCUT2D eigenvalue weighted by Crippen LogP contribution is 2.42. The zero-order valence-electron chi connectivity index (χ0n) is 20.3. The molecule has 0 aromatic heterocycles. The van der Waals surface area contributed by atoms with Gasteiger partial charge in [0, 0.05) is 19.3 Å². The van der Waals surface area contributed by atoms with Crippen LogP contribution in [0.15, 0.2) is 23.2 Å². The number of aliphatic hydroxyl groups is 2. The quantitative estimate of drug-likeness (QED) is 0.113. The van der Waals surface area contributed by atoms with Crippen LogP contribution in [-0.2, 0) is 9.59 Å². The van der Waals surface area contributed by atoms with Gasteiger partial charge in [-0.05, 0) is 12.1 Å². The molecule has 2 saturated heterocycles. The second kappa shape index (κ2) is 8.46. The van der Waals surface area contributed by atoms with Gasteiger partial charge in [-0.25, -0.2) is 9.57 Å². The smallest absolute Gasteiger partial charge is 0.346 e. The van der Waals surface area contributed by atoms with Gasteiger partial charge in [0.05, 0.1) is 31.9 Å². The van der Waals surface area contributed by atoms with Crippen molar-refractivity contribution < 1.29 is 38.6 Å². The van der Waals surface area contributed by atoms with Crippen molar-refractivity contribution in [1.29, 1.82) is 0 Å². The van der Waals surface area contributed by atoms with Crippen LogP contribution < -0.4 is 36.9 Å². The van der Waals surface area contributed by atoms with Crippen LogP contribution in [0.3, 0.4) is 0 Å². The molecular formula is C23H29N8O7+. The van der Waals surface area contributed by atoms with E-state index in [1.165, 1.54) is 4.58 Å². The van der Waals surface area contributed by atoms with Gasteiger partial charge in [0.1, 0.15) is 18.1 Å². The number of carbonyl (C=O) groups is 3. The molecule has 0 bridgehead atoms. The summed E-state index contributed by atoms with van der Waals surface area (Å²) in [6.07, 6.45) is 0.858. The number of rotatable bonds is 4. The number of hydrogen-bond donors (Lipinski definition) is 7. The van der Waals surface area contributed by atoms with Crippen molar-refractivity contribution in [2.24, 2.45) is 16.5 Å². The summed E-state index contributed by atoms with van der Waals surface area (Å²) in [4.78, 5) is 43.4. The number of nitrogens with zero attached hydrogens (tertiary/aromatic N) is 3. The van der Waals surface area contributed by atoms with E-state index >= 15 is 0 Å². The van der Waals surface area contributed by atoms with E-state index in [1.54, 1.807) is 18.2 Å². The molecule has 3 unspecified atom stereocenters. The third-order valence-corrected chi connectivity index (χ3v) is 7.72. The van der Waals surface area contributed by atoms with E-state index in [4.69, 9.17) is 20.9 Å². The fraction of sp³-hybridized carbons (Fsp3) is 0.522. The number of guanidine groups is 2. The summed E-state index contributed by atoms with van der Waals surface area (Å²) >= 11 is 0. The molecule has 15 nitrogen and oxygen atoms in total. The highest BCUT2D eigenvalue weighted by molar-refractivity contribution is 6.02. The van der Waals surface area contributed by atoms with E-state index in [0.29, 0.717) is 25.4 Å². The Kier molecular flexibility index (Phi) is 5.39. The maximum atomic E-state index is 13.4. The maximum absolute atomic E-state index is 13.4. The summed E-state index contributed by atoms with van der Waals surface area (Å²) in [5.41, 5.74) is 10.7. The predicted molar refractivity (Wildman–Crippen MR) is 129 cm³/mol. The number of benzene rings is 1. The summed E-state index contributed by atoms with van der Waals surface area (Å²) in [7, 11) is 0. The SMILES string of the molecule is NC1=NC2[C@H](CN3C(=O)CCC3=O)NC(N)=[N+]3CC(NC(=O)c4cccc5c4OCCCO5)C(O)(O)C23N1. The van der Waals surface area contributed by atoms with Crippen LogP contribution in [0.2, 0.25) is 0 Å². The number of aliphatic imine (C=N–C) groups is 1. The number of hydrogen-bond acceptors (Lipinski definition) is 12. The molecule has 4 atom stereocenters. The molecule has 38 heavy (non-hydrogen) atoms. The molecule has 1 aromatic rings. The van der Waals surface area contributed by atoms with Gasteiger partial charge in [0.25, 0.3) is 5.91 Å². The van der Waals surface area contributed by atoms with Gasteiger partial charge in [-0.3, -0.25) is 30.3 Å². The maximum Gasteiger partial charge on any atom is 0.346 e. The lowest BCUT2D eigenvalue weighted by Gasteiger charge is -2.44. The number of imide groups is 1. The van der Waals surface area contributed by atoms with Crippen LogP contribution in [0.25, 0.3) is 0 Å². The Morgan fingerprint density at radius 3 is 2.71 bits per heavy atom. The van der Waals surface area contributed by atoms with Gasteiger partial charge < -0.3 is 36.1 Å². The monoisotopic (exact) mass is 529 g/mol. The standard InChI is InChI=1S/C23H28N8O7/c24-20-28-18-12(9-30-15(32)5-6-16(30)33)26-21(25)31-10-14(23(35,36)22(18,31)29-20)27-19(34)11-3-1-4-13-17(11)38-8-2-7-37-13/h1,3-4,12,14,18,35-36H,2,5-10H2,(H6,24,25,26,27,28,29,34)/p+1/t12-,14?,18?,22?/m0/s1. The van der Waals surface area contributed by atoms with Gasteiger partial charge in [0.15, 0.2) is 17.5 Å². The Morgan fingerprint density at radius 2 is 1.95 bits per heavy atom. The van der Waals surface area contributed by atoms with Crippen LogP contribution in [0.5, 0.6) is 11.5 Å². The zero-order chi connectivity index (χ0) is 26.8. The van der Waals surface area contributed by atoms with E-state index in [9.17, 15) is 24.6 Å². The first-order valence-electron chi connectivity index (χ1n) is 12.4. The Balaban J connectivity index is 1.31. The normalized spacial score (nSPS) is 31.2. The number of amides is 3. The third kappa shape index (κ3) is 3.38. The molecule has 5 aliphatic heterocycles. The number of likely N-dealkylation sites (tertiary alicyclic amines) is 1. The van der Waals surface area contributed by atoms with Crippen molar-refractivity contribution in [1.82, 2.24) is 20.9 Å². The lowest BCUT2D eigenvalue weighted by Crippen LogP contribution is -2.79. The second-order valence-electron chi connectivity index (χ2n) is 9.93. The van der Waals surface area contributed by atoms with Crippen molar-refractivity contribution in [2.45, 2.75) is 48.8 Å². The molecule has 9 N–H and O–H groups in total. The molecule has 6 rings (SSSR count). The fourth-order valence-electron chi connectivity index (χ4n) is 5.94. The number of nitrogens with two attached hydrogens (primary N) is 2. The van der Waals surface area contributed by atoms with E-state index in [-0.39, 0.29) is 61.0 Å².